The van der Waals surface area contributed by atoms with Crippen LogP contribution >= 0.6 is 0 Å². The Morgan fingerprint density at radius 1 is 1.00 bits per heavy atom. The highest BCUT2D eigenvalue weighted by molar-refractivity contribution is 5.95. The number of carbonyl (C=O) groups is 2. The van der Waals surface area contributed by atoms with E-state index < -0.39 is 0 Å². The lowest BCUT2D eigenvalue weighted by Gasteiger charge is -2.19. The fourth-order valence-electron chi connectivity index (χ4n) is 2.70. The van der Waals surface area contributed by atoms with Gasteiger partial charge < -0.3 is 10.6 Å². The summed E-state index contributed by atoms with van der Waals surface area (Å²) >= 11 is 0. The van der Waals surface area contributed by atoms with Gasteiger partial charge in [0.25, 0.3) is 5.91 Å². The molecule has 0 unspecified atom stereocenters. The van der Waals surface area contributed by atoms with Gasteiger partial charge in [-0.25, -0.2) is 0 Å². The van der Waals surface area contributed by atoms with Crippen LogP contribution in [0.2, 0.25) is 0 Å². The van der Waals surface area contributed by atoms with E-state index in [-0.39, 0.29) is 17.9 Å². The van der Waals surface area contributed by atoms with Crippen LogP contribution in [-0.2, 0) is 4.79 Å². The van der Waals surface area contributed by atoms with Crippen LogP contribution < -0.4 is 10.6 Å². The molecule has 0 aromatic heterocycles. The predicted molar refractivity (Wildman–Crippen MR) is 90.1 cm³/mol. The summed E-state index contributed by atoms with van der Waals surface area (Å²) in [6, 6.07) is 17.1. The van der Waals surface area contributed by atoms with Gasteiger partial charge in [-0.1, -0.05) is 30.3 Å². The van der Waals surface area contributed by atoms with Gasteiger partial charge in [0, 0.05) is 18.2 Å². The molecule has 0 saturated heterocycles. The standard InChI is InChI=1S/C19H20N2O2/c1-13(22)20-17-11-9-16(10-12-17)19(23)21-18(15-7-8-15)14-5-3-2-4-6-14/h2-6,9-12,15,18H,7-8H2,1H3,(H,20,22)(H,21,23)/t18-/m0/s1. The zero-order valence-electron chi connectivity index (χ0n) is 13.1. The molecular formula is C19H20N2O2. The van der Waals surface area contributed by atoms with Crippen LogP contribution in [0.3, 0.4) is 0 Å². The third kappa shape index (κ3) is 3.97. The van der Waals surface area contributed by atoms with E-state index >= 15 is 0 Å². The van der Waals surface area contributed by atoms with Gasteiger partial charge in [0.1, 0.15) is 0 Å². The molecule has 0 radical (unpaired) electrons. The number of nitrogens with one attached hydrogen (secondary N) is 2. The third-order valence-corrected chi connectivity index (χ3v) is 4.01. The minimum atomic E-state index is -0.125. The molecule has 1 saturated carbocycles. The summed E-state index contributed by atoms with van der Waals surface area (Å²) in [5.74, 6) is 0.320. The molecule has 1 aliphatic rings. The maximum absolute atomic E-state index is 12.5. The van der Waals surface area contributed by atoms with Crippen LogP contribution in [0.4, 0.5) is 5.69 Å². The molecule has 4 nitrogen and oxygen atoms in total. The van der Waals surface area contributed by atoms with Crippen LogP contribution in [0.1, 0.15) is 41.7 Å². The number of hydrogen-bond acceptors (Lipinski definition) is 2. The van der Waals surface area contributed by atoms with Gasteiger partial charge >= 0.3 is 0 Å². The lowest BCUT2D eigenvalue weighted by Crippen LogP contribution is -2.29. The molecule has 2 N–H and O–H groups in total. The summed E-state index contributed by atoms with van der Waals surface area (Å²) in [6.07, 6.45) is 2.31. The Hall–Kier alpha value is -2.62. The monoisotopic (exact) mass is 308 g/mol. The summed E-state index contributed by atoms with van der Waals surface area (Å²) in [7, 11) is 0. The predicted octanol–water partition coefficient (Wildman–Crippen LogP) is 3.53. The first-order chi connectivity index (χ1) is 11.1. The smallest absolute Gasteiger partial charge is 0.251 e. The Kier molecular flexibility index (Phi) is 4.42. The van der Waals surface area contributed by atoms with E-state index in [1.807, 2.05) is 18.2 Å². The van der Waals surface area contributed by atoms with Gasteiger partial charge in [-0.15, -0.1) is 0 Å². The van der Waals surface area contributed by atoms with E-state index in [1.54, 1.807) is 24.3 Å². The molecule has 2 aromatic carbocycles. The third-order valence-electron chi connectivity index (χ3n) is 4.01. The molecule has 1 atom stereocenters. The van der Waals surface area contributed by atoms with Gasteiger partial charge in [-0.3, -0.25) is 9.59 Å². The van der Waals surface area contributed by atoms with E-state index in [4.69, 9.17) is 0 Å². The molecule has 4 heteroatoms. The fraction of sp³-hybridized carbons (Fsp3) is 0.263. The van der Waals surface area contributed by atoms with Crippen molar-refractivity contribution in [3.8, 4) is 0 Å². The van der Waals surface area contributed by atoms with Crippen LogP contribution in [0, 0.1) is 5.92 Å². The van der Waals surface area contributed by atoms with Crippen LogP contribution in [0.15, 0.2) is 54.6 Å². The largest absolute Gasteiger partial charge is 0.345 e. The van der Waals surface area contributed by atoms with Crippen molar-refractivity contribution in [1.29, 1.82) is 0 Å². The molecule has 0 aliphatic heterocycles. The molecule has 1 fully saturated rings. The lowest BCUT2D eigenvalue weighted by atomic mass is 10.0. The van der Waals surface area contributed by atoms with Crippen molar-refractivity contribution < 1.29 is 9.59 Å². The molecule has 2 amide bonds. The first-order valence-electron chi connectivity index (χ1n) is 7.87. The number of carbonyl (C=O) groups excluding carboxylic acids is 2. The van der Waals surface area contributed by atoms with E-state index in [9.17, 15) is 9.59 Å². The van der Waals surface area contributed by atoms with Gasteiger partial charge in [-0.2, -0.15) is 0 Å². The second-order valence-corrected chi connectivity index (χ2v) is 5.96. The van der Waals surface area contributed by atoms with Crippen molar-refractivity contribution >= 4 is 17.5 Å². The zero-order valence-corrected chi connectivity index (χ0v) is 13.1. The van der Waals surface area contributed by atoms with Gasteiger partial charge in [0.15, 0.2) is 0 Å². The van der Waals surface area contributed by atoms with E-state index in [0.29, 0.717) is 17.2 Å². The highest BCUT2D eigenvalue weighted by Crippen LogP contribution is 2.41. The second kappa shape index (κ2) is 6.65. The molecule has 0 bridgehead atoms. The minimum absolute atomic E-state index is 0.0683. The molecule has 0 spiro atoms. The van der Waals surface area contributed by atoms with Crippen LogP contribution in [0.5, 0.6) is 0 Å². The molecule has 3 rings (SSSR count). The first kappa shape index (κ1) is 15.3. The fourth-order valence-corrected chi connectivity index (χ4v) is 2.70. The highest BCUT2D eigenvalue weighted by Gasteiger charge is 2.33. The molecule has 118 valence electrons. The molecular weight excluding hydrogens is 288 g/mol. The summed E-state index contributed by atoms with van der Waals surface area (Å²) in [4.78, 5) is 23.5. The first-order valence-corrected chi connectivity index (χ1v) is 7.87. The summed E-state index contributed by atoms with van der Waals surface area (Å²) in [6.45, 7) is 1.46. The van der Waals surface area contributed by atoms with Crippen molar-refractivity contribution in [2.24, 2.45) is 5.92 Å². The van der Waals surface area contributed by atoms with Crippen molar-refractivity contribution in [3.63, 3.8) is 0 Å². The number of hydrogen-bond donors (Lipinski definition) is 2. The summed E-state index contributed by atoms with van der Waals surface area (Å²) < 4.78 is 0. The Morgan fingerprint density at radius 2 is 1.65 bits per heavy atom. The van der Waals surface area contributed by atoms with E-state index in [1.165, 1.54) is 6.92 Å². The van der Waals surface area contributed by atoms with E-state index in [0.717, 1.165) is 18.4 Å². The molecule has 1 aliphatic carbocycles. The summed E-state index contributed by atoms with van der Waals surface area (Å²) in [5, 5.41) is 5.84. The molecule has 23 heavy (non-hydrogen) atoms. The molecule has 0 heterocycles. The average Bonchev–Trinajstić information content (AvgIpc) is 3.38. The normalized spacial score (nSPS) is 14.8. The van der Waals surface area contributed by atoms with Crippen LogP contribution in [-0.4, -0.2) is 11.8 Å². The maximum atomic E-state index is 12.5. The Bertz CT molecular complexity index is 691. The highest BCUT2D eigenvalue weighted by atomic mass is 16.2. The average molecular weight is 308 g/mol. The summed E-state index contributed by atoms with van der Waals surface area (Å²) in [5.41, 5.74) is 2.44. The lowest BCUT2D eigenvalue weighted by molar-refractivity contribution is -0.114. The zero-order chi connectivity index (χ0) is 16.2. The number of rotatable bonds is 5. The van der Waals surface area contributed by atoms with Crippen LogP contribution in [0.25, 0.3) is 0 Å². The topological polar surface area (TPSA) is 58.2 Å². The Balaban J connectivity index is 1.71. The maximum Gasteiger partial charge on any atom is 0.251 e. The SMILES string of the molecule is CC(=O)Nc1ccc(C(=O)N[C@@H](c2ccccc2)C2CC2)cc1. The van der Waals surface area contributed by atoms with Gasteiger partial charge in [-0.05, 0) is 48.6 Å². The minimum Gasteiger partial charge on any atom is -0.345 e. The van der Waals surface area contributed by atoms with Crippen molar-refractivity contribution in [3.05, 3.63) is 65.7 Å². The number of amides is 2. The quantitative estimate of drug-likeness (QED) is 0.888. The second-order valence-electron chi connectivity index (χ2n) is 5.96. The van der Waals surface area contributed by atoms with Crippen molar-refractivity contribution in [2.75, 3.05) is 5.32 Å². The van der Waals surface area contributed by atoms with E-state index in [2.05, 4.69) is 22.8 Å². The Morgan fingerprint density at radius 3 is 2.22 bits per heavy atom. The molecule has 2 aromatic rings. The number of benzene rings is 2. The van der Waals surface area contributed by atoms with Crippen molar-refractivity contribution in [1.82, 2.24) is 5.32 Å². The number of anilines is 1. The van der Waals surface area contributed by atoms with Gasteiger partial charge in [0.05, 0.1) is 6.04 Å². The Labute approximate surface area is 135 Å². The van der Waals surface area contributed by atoms with Gasteiger partial charge in [0.2, 0.25) is 5.91 Å². The van der Waals surface area contributed by atoms with Crippen molar-refractivity contribution in [2.45, 2.75) is 25.8 Å².